The Hall–Kier alpha value is -2.35. The first kappa shape index (κ1) is 13.1. The van der Waals surface area contributed by atoms with Crippen LogP contribution in [0.3, 0.4) is 0 Å². The third kappa shape index (κ3) is 2.17. The Balaban J connectivity index is 2.57. The highest BCUT2D eigenvalue weighted by molar-refractivity contribution is 7.18. The zero-order chi connectivity index (χ0) is 14.2. The van der Waals surface area contributed by atoms with Crippen LogP contribution in [-0.4, -0.2) is 16.0 Å². The van der Waals surface area contributed by atoms with E-state index in [0.717, 1.165) is 11.3 Å². The standard InChI is InChI=1S/C11H10N2O5S/c1-2-5-8(12)10(11(14)15)19-9(5)6-3-4-7(18-6)13(16)17/h3-4H,2,12H2,1H3,(H,14,15). The summed E-state index contributed by atoms with van der Waals surface area (Å²) in [5.74, 6) is -1.25. The number of carboxylic acid groups (broad SMARTS) is 1. The van der Waals surface area contributed by atoms with E-state index in [2.05, 4.69) is 0 Å². The largest absolute Gasteiger partial charge is 0.477 e. The predicted molar refractivity (Wildman–Crippen MR) is 69.4 cm³/mol. The first-order chi connectivity index (χ1) is 8.95. The molecule has 0 aliphatic heterocycles. The molecule has 0 atom stereocenters. The molecule has 0 spiro atoms. The van der Waals surface area contributed by atoms with E-state index in [1.807, 2.05) is 6.92 Å². The van der Waals surface area contributed by atoms with Gasteiger partial charge in [0.2, 0.25) is 0 Å². The normalized spacial score (nSPS) is 10.6. The highest BCUT2D eigenvalue weighted by atomic mass is 32.1. The molecule has 100 valence electrons. The Morgan fingerprint density at radius 3 is 2.74 bits per heavy atom. The van der Waals surface area contributed by atoms with Crippen LogP contribution >= 0.6 is 11.3 Å². The molecule has 0 radical (unpaired) electrons. The van der Waals surface area contributed by atoms with Crippen molar-refractivity contribution in [2.75, 3.05) is 5.73 Å². The number of thiophene rings is 1. The number of nitrogens with two attached hydrogens (primary N) is 1. The maximum Gasteiger partial charge on any atom is 0.433 e. The molecule has 0 bridgehead atoms. The highest BCUT2D eigenvalue weighted by Gasteiger charge is 2.23. The van der Waals surface area contributed by atoms with Crippen LogP contribution in [0.4, 0.5) is 11.6 Å². The van der Waals surface area contributed by atoms with Crippen LogP contribution < -0.4 is 5.73 Å². The third-order valence-corrected chi connectivity index (χ3v) is 3.84. The molecule has 0 aliphatic rings. The smallest absolute Gasteiger partial charge is 0.433 e. The van der Waals surface area contributed by atoms with Crippen molar-refractivity contribution < 1.29 is 19.2 Å². The number of aromatic carboxylic acids is 1. The van der Waals surface area contributed by atoms with Crippen LogP contribution in [0.1, 0.15) is 22.2 Å². The number of hydrogen-bond donors (Lipinski definition) is 2. The van der Waals surface area contributed by atoms with Crippen molar-refractivity contribution in [2.24, 2.45) is 0 Å². The fourth-order valence-electron chi connectivity index (χ4n) is 1.73. The van der Waals surface area contributed by atoms with Crippen LogP contribution in [0.2, 0.25) is 0 Å². The molecule has 19 heavy (non-hydrogen) atoms. The fourth-order valence-corrected chi connectivity index (χ4v) is 2.85. The number of furan rings is 1. The fraction of sp³-hybridized carbons (Fsp3) is 0.182. The lowest BCUT2D eigenvalue weighted by Gasteiger charge is -1.98. The molecule has 8 heteroatoms. The summed E-state index contributed by atoms with van der Waals surface area (Å²) in [7, 11) is 0. The first-order valence-corrected chi connectivity index (χ1v) is 6.16. The molecule has 2 heterocycles. The molecular weight excluding hydrogens is 272 g/mol. The van der Waals surface area contributed by atoms with Crippen LogP contribution in [-0.2, 0) is 6.42 Å². The van der Waals surface area contributed by atoms with Gasteiger partial charge in [-0.1, -0.05) is 6.92 Å². The number of carboxylic acids is 1. The number of nitrogens with zero attached hydrogens (tertiary/aromatic N) is 1. The number of hydrogen-bond acceptors (Lipinski definition) is 6. The molecule has 3 N–H and O–H groups in total. The predicted octanol–water partition coefficient (Wildman–Crippen LogP) is 2.76. The van der Waals surface area contributed by atoms with Gasteiger partial charge in [-0.3, -0.25) is 10.1 Å². The Labute approximate surface area is 111 Å². The minimum absolute atomic E-state index is 0.0194. The van der Waals surface area contributed by atoms with E-state index in [-0.39, 0.29) is 22.2 Å². The summed E-state index contributed by atoms with van der Waals surface area (Å²) in [4.78, 5) is 21.5. The van der Waals surface area contributed by atoms with Crippen molar-refractivity contribution in [3.05, 3.63) is 32.7 Å². The highest BCUT2D eigenvalue weighted by Crippen LogP contribution is 2.40. The molecule has 2 rings (SSSR count). The van der Waals surface area contributed by atoms with Gasteiger partial charge in [-0.2, -0.15) is 0 Å². The van der Waals surface area contributed by atoms with Crippen LogP contribution in [0.25, 0.3) is 10.6 Å². The number of nitrogen functional groups attached to an aromatic ring is 1. The summed E-state index contributed by atoms with van der Waals surface area (Å²) in [5, 5.41) is 19.6. The number of carbonyl (C=O) groups is 1. The van der Waals surface area contributed by atoms with Crippen molar-refractivity contribution in [3.8, 4) is 10.6 Å². The second-order valence-electron chi connectivity index (χ2n) is 3.71. The zero-order valence-corrected chi connectivity index (χ0v) is 10.7. The molecule has 7 nitrogen and oxygen atoms in total. The second kappa shape index (κ2) is 4.73. The SMILES string of the molecule is CCc1c(-c2ccc([N+](=O)[O-])o2)sc(C(=O)O)c1N. The third-order valence-electron chi connectivity index (χ3n) is 2.59. The van der Waals surface area contributed by atoms with Crippen LogP contribution in [0.5, 0.6) is 0 Å². The quantitative estimate of drug-likeness (QED) is 0.657. The Morgan fingerprint density at radius 2 is 2.26 bits per heavy atom. The molecule has 2 aromatic heterocycles. The molecule has 2 aromatic rings. The molecule has 0 aliphatic carbocycles. The summed E-state index contributed by atoms with van der Waals surface area (Å²) in [6, 6.07) is 2.67. The summed E-state index contributed by atoms with van der Waals surface area (Å²) in [6.45, 7) is 1.82. The molecule has 0 fully saturated rings. The number of rotatable bonds is 4. The van der Waals surface area contributed by atoms with E-state index in [4.69, 9.17) is 15.3 Å². The van der Waals surface area contributed by atoms with Gasteiger partial charge in [0, 0.05) is 0 Å². The van der Waals surface area contributed by atoms with Gasteiger partial charge in [0.1, 0.15) is 9.80 Å². The molecular formula is C11H10N2O5S. The molecule has 0 saturated heterocycles. The van der Waals surface area contributed by atoms with Crippen molar-refractivity contribution in [2.45, 2.75) is 13.3 Å². The average molecular weight is 282 g/mol. The van der Waals surface area contributed by atoms with Crippen molar-refractivity contribution in [1.29, 1.82) is 0 Å². The van der Waals surface area contributed by atoms with Gasteiger partial charge < -0.3 is 15.3 Å². The van der Waals surface area contributed by atoms with Gasteiger partial charge in [-0.15, -0.1) is 11.3 Å². The van der Waals surface area contributed by atoms with E-state index in [1.54, 1.807) is 0 Å². The van der Waals surface area contributed by atoms with Gasteiger partial charge in [-0.05, 0) is 18.1 Å². The van der Waals surface area contributed by atoms with Crippen molar-refractivity contribution in [3.63, 3.8) is 0 Å². The number of anilines is 1. The van der Waals surface area contributed by atoms with Crippen molar-refractivity contribution >= 4 is 28.9 Å². The minimum Gasteiger partial charge on any atom is -0.477 e. The Morgan fingerprint density at radius 1 is 1.58 bits per heavy atom. The van der Waals surface area contributed by atoms with Gasteiger partial charge in [0.05, 0.1) is 16.6 Å². The van der Waals surface area contributed by atoms with E-state index >= 15 is 0 Å². The lowest BCUT2D eigenvalue weighted by Crippen LogP contribution is -1.99. The summed E-state index contributed by atoms with van der Waals surface area (Å²) in [5.41, 5.74) is 6.59. The summed E-state index contributed by atoms with van der Waals surface area (Å²) in [6.07, 6.45) is 0.513. The average Bonchev–Trinajstić information content (AvgIpc) is 2.92. The van der Waals surface area contributed by atoms with E-state index < -0.39 is 10.9 Å². The summed E-state index contributed by atoms with van der Waals surface area (Å²) < 4.78 is 5.08. The lowest BCUT2D eigenvalue weighted by atomic mass is 10.1. The minimum atomic E-state index is -1.12. The van der Waals surface area contributed by atoms with Gasteiger partial charge >= 0.3 is 11.9 Å². The van der Waals surface area contributed by atoms with E-state index in [9.17, 15) is 14.9 Å². The first-order valence-electron chi connectivity index (χ1n) is 5.34. The van der Waals surface area contributed by atoms with Crippen molar-refractivity contribution in [1.82, 2.24) is 0 Å². The summed E-state index contributed by atoms with van der Waals surface area (Å²) >= 11 is 0.956. The Bertz CT molecular complexity index is 658. The van der Waals surface area contributed by atoms with Crippen LogP contribution in [0.15, 0.2) is 16.5 Å². The maximum atomic E-state index is 11.0. The van der Waals surface area contributed by atoms with E-state index in [1.165, 1.54) is 12.1 Å². The second-order valence-corrected chi connectivity index (χ2v) is 4.73. The lowest BCUT2D eigenvalue weighted by molar-refractivity contribution is -0.401. The molecule has 0 aromatic carbocycles. The molecule has 0 amide bonds. The monoisotopic (exact) mass is 282 g/mol. The van der Waals surface area contributed by atoms with Gasteiger partial charge in [0.15, 0.2) is 5.76 Å². The zero-order valence-electron chi connectivity index (χ0n) is 9.87. The molecule has 0 saturated carbocycles. The maximum absolute atomic E-state index is 11.0. The van der Waals surface area contributed by atoms with Gasteiger partial charge in [-0.25, -0.2) is 4.79 Å². The Kier molecular flexibility index (Phi) is 3.26. The van der Waals surface area contributed by atoms with Gasteiger partial charge in [0.25, 0.3) is 0 Å². The molecule has 0 unspecified atom stereocenters. The van der Waals surface area contributed by atoms with E-state index in [0.29, 0.717) is 16.9 Å². The van der Waals surface area contributed by atoms with Crippen LogP contribution in [0, 0.1) is 10.1 Å². The number of nitro groups is 1. The topological polar surface area (TPSA) is 120 Å².